The van der Waals surface area contributed by atoms with E-state index in [-0.39, 0.29) is 0 Å². The van der Waals surface area contributed by atoms with Gasteiger partial charge in [0.05, 0.1) is 30.4 Å². The molecule has 0 aliphatic carbocycles. The molecular formula is C17H15ClN2O3. The highest BCUT2D eigenvalue weighted by molar-refractivity contribution is 6.32. The van der Waals surface area contributed by atoms with Gasteiger partial charge in [0.25, 0.3) is 0 Å². The minimum atomic E-state index is -0.512. The van der Waals surface area contributed by atoms with Crippen LogP contribution in [0.2, 0.25) is 5.02 Å². The number of hydrogen-bond donors (Lipinski definition) is 1. The van der Waals surface area contributed by atoms with Crippen LogP contribution < -0.4 is 15.2 Å². The lowest BCUT2D eigenvalue weighted by Gasteiger charge is -2.11. The predicted octanol–water partition coefficient (Wildman–Crippen LogP) is 3.40. The summed E-state index contributed by atoms with van der Waals surface area (Å²) in [5.41, 5.74) is 7.31. The fourth-order valence-electron chi connectivity index (χ4n) is 2.53. The molecule has 0 unspecified atom stereocenters. The molecule has 0 spiro atoms. The Balaban J connectivity index is 2.19. The van der Waals surface area contributed by atoms with Crippen LogP contribution in [-0.4, -0.2) is 24.7 Å². The van der Waals surface area contributed by atoms with Gasteiger partial charge in [-0.2, -0.15) is 0 Å². The van der Waals surface area contributed by atoms with Crippen molar-refractivity contribution in [3.8, 4) is 17.2 Å². The van der Waals surface area contributed by atoms with E-state index in [1.165, 1.54) is 0 Å². The first-order chi connectivity index (χ1) is 11.0. The molecule has 0 fully saturated rings. The maximum atomic E-state index is 11.2. The van der Waals surface area contributed by atoms with Gasteiger partial charge in [0.15, 0.2) is 11.5 Å². The molecule has 5 nitrogen and oxygen atoms in total. The number of rotatable bonds is 4. The first kappa shape index (κ1) is 15.2. The number of fused-ring (bicyclic) bond motifs is 1. The fourth-order valence-corrected chi connectivity index (χ4v) is 2.80. The van der Waals surface area contributed by atoms with E-state index in [1.54, 1.807) is 32.4 Å². The van der Waals surface area contributed by atoms with Crippen molar-refractivity contribution in [2.75, 3.05) is 14.2 Å². The number of carbonyl (C=O) groups is 1. The van der Waals surface area contributed by atoms with E-state index in [0.717, 1.165) is 16.6 Å². The van der Waals surface area contributed by atoms with E-state index in [4.69, 9.17) is 26.8 Å². The van der Waals surface area contributed by atoms with Gasteiger partial charge < -0.3 is 19.8 Å². The average Bonchev–Trinajstić information content (AvgIpc) is 2.95. The minimum Gasteiger partial charge on any atom is -0.493 e. The number of benzene rings is 2. The molecule has 0 aliphatic rings. The molecule has 1 aromatic heterocycles. The van der Waals surface area contributed by atoms with Crippen LogP contribution in [0.15, 0.2) is 42.6 Å². The summed E-state index contributed by atoms with van der Waals surface area (Å²) < 4.78 is 12.6. The van der Waals surface area contributed by atoms with Gasteiger partial charge in [-0.05, 0) is 30.3 Å². The van der Waals surface area contributed by atoms with E-state index in [1.807, 2.05) is 29.0 Å². The maximum absolute atomic E-state index is 11.2. The van der Waals surface area contributed by atoms with Gasteiger partial charge in [-0.15, -0.1) is 0 Å². The number of primary amides is 1. The molecule has 0 saturated heterocycles. The number of nitrogens with zero attached hydrogens (tertiary/aromatic N) is 1. The van der Waals surface area contributed by atoms with Crippen molar-refractivity contribution in [2.24, 2.45) is 5.73 Å². The Bertz CT molecular complexity index is 902. The van der Waals surface area contributed by atoms with Crippen molar-refractivity contribution < 1.29 is 14.3 Å². The Kier molecular flexibility index (Phi) is 3.88. The Hall–Kier alpha value is -2.66. The van der Waals surface area contributed by atoms with Crippen LogP contribution >= 0.6 is 11.6 Å². The molecule has 0 saturated carbocycles. The highest BCUT2D eigenvalue weighted by Gasteiger charge is 2.13. The van der Waals surface area contributed by atoms with Crippen LogP contribution in [0, 0.1) is 0 Å². The summed E-state index contributed by atoms with van der Waals surface area (Å²) >= 11 is 6.31. The van der Waals surface area contributed by atoms with E-state index in [9.17, 15) is 4.79 Å². The molecule has 1 amide bonds. The second-order valence-electron chi connectivity index (χ2n) is 4.98. The number of ether oxygens (including phenoxy) is 2. The molecule has 0 radical (unpaired) electrons. The Morgan fingerprint density at radius 3 is 2.39 bits per heavy atom. The number of methoxy groups -OCH3 is 2. The first-order valence-corrected chi connectivity index (χ1v) is 7.25. The first-order valence-electron chi connectivity index (χ1n) is 6.88. The molecule has 0 bridgehead atoms. The predicted molar refractivity (Wildman–Crippen MR) is 89.9 cm³/mol. The molecule has 118 valence electrons. The van der Waals surface area contributed by atoms with Gasteiger partial charge in [0, 0.05) is 23.2 Å². The van der Waals surface area contributed by atoms with E-state index in [2.05, 4.69) is 0 Å². The number of nitrogens with two attached hydrogens (primary N) is 1. The number of amides is 1. The number of hydrogen-bond acceptors (Lipinski definition) is 3. The lowest BCUT2D eigenvalue weighted by atomic mass is 10.2. The molecule has 0 atom stereocenters. The number of aromatic nitrogens is 1. The Morgan fingerprint density at radius 2 is 1.78 bits per heavy atom. The topological polar surface area (TPSA) is 66.5 Å². The number of halogens is 1. The Morgan fingerprint density at radius 1 is 1.09 bits per heavy atom. The zero-order valence-corrected chi connectivity index (χ0v) is 13.4. The fraction of sp³-hybridized carbons (Fsp3) is 0.118. The lowest BCUT2D eigenvalue weighted by molar-refractivity contribution is 0.100. The standard InChI is InChI=1S/C17H15ClN2O3/c1-22-15-8-10-5-6-20(14(10)9-16(15)23-2)13-4-3-11(17(19)21)7-12(13)18/h3-9H,1-2H3,(H2,19,21). The van der Waals surface area contributed by atoms with E-state index < -0.39 is 5.91 Å². The highest BCUT2D eigenvalue weighted by atomic mass is 35.5. The summed E-state index contributed by atoms with van der Waals surface area (Å²) in [6.07, 6.45) is 1.90. The van der Waals surface area contributed by atoms with Gasteiger partial charge in [0.2, 0.25) is 5.91 Å². The van der Waals surface area contributed by atoms with Crippen molar-refractivity contribution in [1.29, 1.82) is 0 Å². The summed E-state index contributed by atoms with van der Waals surface area (Å²) in [5.74, 6) is 0.778. The maximum Gasteiger partial charge on any atom is 0.248 e. The third-order valence-electron chi connectivity index (χ3n) is 3.69. The summed E-state index contributed by atoms with van der Waals surface area (Å²) in [5, 5.41) is 1.42. The molecule has 0 aliphatic heterocycles. The SMILES string of the molecule is COc1cc2ccn(-c3ccc(C(N)=O)cc3Cl)c2cc1OC. The smallest absolute Gasteiger partial charge is 0.248 e. The van der Waals surface area contributed by atoms with Crippen LogP contribution in [0.25, 0.3) is 16.6 Å². The monoisotopic (exact) mass is 330 g/mol. The summed E-state index contributed by atoms with van der Waals surface area (Å²) in [7, 11) is 3.19. The Labute approximate surface area is 138 Å². The van der Waals surface area contributed by atoms with Gasteiger partial charge in [-0.25, -0.2) is 0 Å². The van der Waals surface area contributed by atoms with Crippen molar-refractivity contribution in [2.45, 2.75) is 0 Å². The third-order valence-corrected chi connectivity index (χ3v) is 3.99. The zero-order chi connectivity index (χ0) is 16.6. The zero-order valence-electron chi connectivity index (χ0n) is 12.7. The van der Waals surface area contributed by atoms with E-state index >= 15 is 0 Å². The summed E-state index contributed by atoms with van der Waals surface area (Å²) in [6, 6.07) is 10.7. The molecule has 23 heavy (non-hydrogen) atoms. The van der Waals surface area contributed by atoms with Crippen LogP contribution in [0.4, 0.5) is 0 Å². The van der Waals surface area contributed by atoms with Crippen LogP contribution in [-0.2, 0) is 0 Å². The van der Waals surface area contributed by atoms with Gasteiger partial charge >= 0.3 is 0 Å². The lowest BCUT2D eigenvalue weighted by Crippen LogP contribution is -2.11. The normalized spacial score (nSPS) is 10.7. The van der Waals surface area contributed by atoms with Gasteiger partial charge in [-0.1, -0.05) is 11.6 Å². The second-order valence-corrected chi connectivity index (χ2v) is 5.39. The average molecular weight is 331 g/mol. The van der Waals surface area contributed by atoms with Gasteiger partial charge in [-0.3, -0.25) is 4.79 Å². The summed E-state index contributed by atoms with van der Waals surface area (Å²) in [6.45, 7) is 0. The van der Waals surface area contributed by atoms with E-state index in [0.29, 0.717) is 22.1 Å². The van der Waals surface area contributed by atoms with Crippen LogP contribution in [0.1, 0.15) is 10.4 Å². The molecule has 6 heteroatoms. The minimum absolute atomic E-state index is 0.370. The van der Waals surface area contributed by atoms with Crippen molar-refractivity contribution in [3.05, 3.63) is 53.2 Å². The second kappa shape index (κ2) is 5.85. The molecule has 2 N–H and O–H groups in total. The molecular weight excluding hydrogens is 316 g/mol. The third kappa shape index (κ3) is 2.59. The van der Waals surface area contributed by atoms with Crippen LogP contribution in [0.5, 0.6) is 11.5 Å². The van der Waals surface area contributed by atoms with Crippen molar-refractivity contribution >= 4 is 28.4 Å². The highest BCUT2D eigenvalue weighted by Crippen LogP contribution is 2.35. The molecule has 3 rings (SSSR count). The van der Waals surface area contributed by atoms with Gasteiger partial charge in [0.1, 0.15) is 0 Å². The largest absolute Gasteiger partial charge is 0.493 e. The molecule has 1 heterocycles. The number of carbonyl (C=O) groups excluding carboxylic acids is 1. The summed E-state index contributed by atoms with van der Waals surface area (Å²) in [4.78, 5) is 11.2. The van der Waals surface area contributed by atoms with Crippen molar-refractivity contribution in [3.63, 3.8) is 0 Å². The van der Waals surface area contributed by atoms with Crippen molar-refractivity contribution in [1.82, 2.24) is 4.57 Å². The quantitative estimate of drug-likeness (QED) is 0.797. The molecule has 2 aromatic carbocycles. The molecule has 3 aromatic rings. The van der Waals surface area contributed by atoms with Crippen LogP contribution in [0.3, 0.4) is 0 Å².